The lowest BCUT2D eigenvalue weighted by atomic mass is 10.0. The highest BCUT2D eigenvalue weighted by molar-refractivity contribution is 7.87. The van der Waals surface area contributed by atoms with Crippen molar-refractivity contribution in [1.29, 1.82) is 0 Å². The summed E-state index contributed by atoms with van der Waals surface area (Å²) in [6, 6.07) is 0. The van der Waals surface area contributed by atoms with Crippen molar-refractivity contribution < 1.29 is 13.5 Å². The highest BCUT2D eigenvalue weighted by Crippen LogP contribution is 2.13. The Balaban J connectivity index is 4.44. The molecule has 0 spiro atoms. The topological polar surface area (TPSA) is 69.6 Å². The summed E-state index contributed by atoms with van der Waals surface area (Å²) in [6.45, 7) is 6.08. The molecule has 0 saturated carbocycles. The minimum atomic E-state index is -3.44. The lowest BCUT2D eigenvalue weighted by Gasteiger charge is -2.28. The maximum absolute atomic E-state index is 11.9. The average molecular weight is 252 g/mol. The van der Waals surface area contributed by atoms with Crippen LogP contribution in [0.25, 0.3) is 0 Å². The molecule has 0 atom stereocenters. The zero-order chi connectivity index (χ0) is 12.8. The van der Waals surface area contributed by atoms with Crippen molar-refractivity contribution >= 4 is 10.2 Å². The number of nitrogens with zero attached hydrogens (tertiary/aromatic N) is 1. The predicted octanol–water partition coefficient (Wildman–Crippen LogP) is 0.714. The van der Waals surface area contributed by atoms with E-state index in [1.54, 1.807) is 0 Å². The normalized spacial score (nSPS) is 13.4. The molecule has 16 heavy (non-hydrogen) atoms. The highest BCUT2D eigenvalue weighted by Gasteiger charge is 2.26. The van der Waals surface area contributed by atoms with Gasteiger partial charge in [0.15, 0.2) is 0 Å². The van der Waals surface area contributed by atoms with Gasteiger partial charge < -0.3 is 5.11 Å². The van der Waals surface area contributed by atoms with E-state index in [0.29, 0.717) is 13.0 Å². The summed E-state index contributed by atoms with van der Waals surface area (Å²) in [6.07, 6.45) is 2.17. The smallest absolute Gasteiger partial charge is 0.279 e. The van der Waals surface area contributed by atoms with Crippen LogP contribution in [0.1, 0.15) is 40.0 Å². The van der Waals surface area contributed by atoms with Gasteiger partial charge in [-0.05, 0) is 26.7 Å². The van der Waals surface area contributed by atoms with Crippen LogP contribution in [0.15, 0.2) is 0 Å². The highest BCUT2D eigenvalue weighted by atomic mass is 32.2. The summed E-state index contributed by atoms with van der Waals surface area (Å²) in [5, 5.41) is 8.66. The Morgan fingerprint density at radius 3 is 2.38 bits per heavy atom. The summed E-state index contributed by atoms with van der Waals surface area (Å²) >= 11 is 0. The quantitative estimate of drug-likeness (QED) is 0.668. The Bertz CT molecular complexity index is 288. The van der Waals surface area contributed by atoms with Gasteiger partial charge in [0.2, 0.25) is 0 Å². The molecule has 0 bridgehead atoms. The third-order valence-electron chi connectivity index (χ3n) is 2.32. The summed E-state index contributed by atoms with van der Waals surface area (Å²) in [5.74, 6) is 0. The van der Waals surface area contributed by atoms with E-state index >= 15 is 0 Å². The first-order chi connectivity index (χ1) is 7.25. The molecule has 0 fully saturated rings. The van der Waals surface area contributed by atoms with Gasteiger partial charge in [0, 0.05) is 25.7 Å². The zero-order valence-corrected chi connectivity index (χ0v) is 11.5. The molecule has 6 heteroatoms. The SMILES string of the molecule is CCCC(C)(C)NS(=O)(=O)N(C)CCCO. The molecule has 0 aromatic carbocycles. The molecule has 0 aromatic rings. The number of hydrogen-bond donors (Lipinski definition) is 2. The van der Waals surface area contributed by atoms with Crippen molar-refractivity contribution in [2.45, 2.75) is 45.6 Å². The molecule has 0 aliphatic rings. The molecule has 0 aliphatic heterocycles. The van der Waals surface area contributed by atoms with Crippen molar-refractivity contribution in [2.24, 2.45) is 0 Å². The standard InChI is InChI=1S/C10H24N2O3S/c1-5-7-10(2,3)11-16(14,15)12(4)8-6-9-13/h11,13H,5-9H2,1-4H3. The van der Waals surface area contributed by atoms with Gasteiger partial charge in [-0.1, -0.05) is 13.3 Å². The number of hydrogen-bond acceptors (Lipinski definition) is 3. The Hall–Kier alpha value is -0.170. The Morgan fingerprint density at radius 2 is 1.94 bits per heavy atom. The van der Waals surface area contributed by atoms with E-state index in [-0.39, 0.29) is 6.61 Å². The van der Waals surface area contributed by atoms with Crippen LogP contribution in [0.3, 0.4) is 0 Å². The van der Waals surface area contributed by atoms with Crippen LogP contribution in [0.2, 0.25) is 0 Å². The van der Waals surface area contributed by atoms with Crippen molar-refractivity contribution in [3.05, 3.63) is 0 Å². The molecule has 0 aliphatic carbocycles. The summed E-state index contributed by atoms with van der Waals surface area (Å²) < 4.78 is 27.6. The molecule has 0 heterocycles. The molecule has 2 N–H and O–H groups in total. The molecule has 0 saturated heterocycles. The third kappa shape index (κ3) is 5.79. The largest absolute Gasteiger partial charge is 0.396 e. The first kappa shape index (κ1) is 15.8. The maximum Gasteiger partial charge on any atom is 0.279 e. The van der Waals surface area contributed by atoms with E-state index in [1.807, 2.05) is 20.8 Å². The van der Waals surface area contributed by atoms with E-state index < -0.39 is 15.7 Å². The number of aliphatic hydroxyl groups excluding tert-OH is 1. The zero-order valence-electron chi connectivity index (χ0n) is 10.7. The second kappa shape index (κ2) is 6.54. The summed E-state index contributed by atoms with van der Waals surface area (Å²) in [4.78, 5) is 0. The monoisotopic (exact) mass is 252 g/mol. The second-order valence-corrected chi connectivity index (χ2v) is 6.42. The number of rotatable bonds is 8. The maximum atomic E-state index is 11.9. The van der Waals surface area contributed by atoms with E-state index in [0.717, 1.165) is 12.8 Å². The lowest BCUT2D eigenvalue weighted by molar-refractivity contribution is 0.274. The minimum absolute atomic E-state index is 0.00177. The van der Waals surface area contributed by atoms with Gasteiger partial charge in [0.25, 0.3) is 10.2 Å². The van der Waals surface area contributed by atoms with Crippen LogP contribution in [0, 0.1) is 0 Å². The van der Waals surface area contributed by atoms with Crippen LogP contribution >= 0.6 is 0 Å². The van der Waals surface area contributed by atoms with Crippen LogP contribution in [-0.4, -0.2) is 43.6 Å². The van der Waals surface area contributed by atoms with Crippen LogP contribution in [0.4, 0.5) is 0 Å². The summed E-state index contributed by atoms with van der Waals surface area (Å²) in [7, 11) is -1.93. The van der Waals surface area contributed by atoms with Gasteiger partial charge >= 0.3 is 0 Å². The van der Waals surface area contributed by atoms with Gasteiger partial charge in [-0.25, -0.2) is 0 Å². The number of nitrogens with one attached hydrogen (secondary N) is 1. The summed E-state index contributed by atoms with van der Waals surface area (Å²) in [5.41, 5.74) is -0.430. The molecule has 0 radical (unpaired) electrons. The first-order valence-electron chi connectivity index (χ1n) is 5.61. The van der Waals surface area contributed by atoms with Crippen LogP contribution in [-0.2, 0) is 10.2 Å². The average Bonchev–Trinajstić information content (AvgIpc) is 2.11. The Morgan fingerprint density at radius 1 is 1.38 bits per heavy atom. The van der Waals surface area contributed by atoms with Gasteiger partial charge in [-0.3, -0.25) is 0 Å². The third-order valence-corrected chi connectivity index (χ3v) is 4.14. The Labute approximate surface area is 99.0 Å². The van der Waals surface area contributed by atoms with Gasteiger partial charge in [-0.15, -0.1) is 0 Å². The fraction of sp³-hybridized carbons (Fsp3) is 1.00. The van der Waals surface area contributed by atoms with Gasteiger partial charge in [-0.2, -0.15) is 17.4 Å². The minimum Gasteiger partial charge on any atom is -0.396 e. The van der Waals surface area contributed by atoms with Crippen molar-refractivity contribution in [2.75, 3.05) is 20.2 Å². The van der Waals surface area contributed by atoms with Gasteiger partial charge in [0.1, 0.15) is 0 Å². The predicted molar refractivity (Wildman–Crippen MR) is 65.4 cm³/mol. The fourth-order valence-corrected chi connectivity index (χ4v) is 2.84. The molecular weight excluding hydrogens is 228 g/mol. The fourth-order valence-electron chi connectivity index (χ4n) is 1.52. The molecule has 0 unspecified atom stereocenters. The van der Waals surface area contributed by atoms with Crippen molar-refractivity contribution in [1.82, 2.24) is 9.03 Å². The van der Waals surface area contributed by atoms with Crippen molar-refractivity contribution in [3.63, 3.8) is 0 Å². The van der Waals surface area contributed by atoms with Crippen LogP contribution in [0.5, 0.6) is 0 Å². The number of aliphatic hydroxyl groups is 1. The molecular formula is C10H24N2O3S. The van der Waals surface area contributed by atoms with Gasteiger partial charge in [0.05, 0.1) is 0 Å². The lowest BCUT2D eigenvalue weighted by Crippen LogP contribution is -2.49. The van der Waals surface area contributed by atoms with Crippen molar-refractivity contribution in [3.8, 4) is 0 Å². The van der Waals surface area contributed by atoms with Crippen LogP contribution < -0.4 is 4.72 Å². The molecule has 0 rings (SSSR count). The van der Waals surface area contributed by atoms with E-state index in [2.05, 4.69) is 4.72 Å². The molecule has 0 amide bonds. The molecule has 0 aromatic heterocycles. The first-order valence-corrected chi connectivity index (χ1v) is 7.05. The second-order valence-electron chi connectivity index (χ2n) is 4.64. The van der Waals surface area contributed by atoms with E-state index in [1.165, 1.54) is 11.4 Å². The van der Waals surface area contributed by atoms with E-state index in [9.17, 15) is 8.42 Å². The molecule has 98 valence electrons. The molecule has 5 nitrogen and oxygen atoms in total. The Kier molecular flexibility index (Phi) is 6.47. The van der Waals surface area contributed by atoms with E-state index in [4.69, 9.17) is 5.11 Å².